The van der Waals surface area contributed by atoms with E-state index >= 15 is 0 Å². The minimum atomic E-state index is -0.250. The Hall–Kier alpha value is -8.41. The predicted octanol–water partition coefficient (Wildman–Crippen LogP) is 15.5. The second-order valence-electron chi connectivity index (χ2n) is 17.6. The zero-order valence-corrected chi connectivity index (χ0v) is 36.1. The predicted molar refractivity (Wildman–Crippen MR) is 270 cm³/mol. The van der Waals surface area contributed by atoms with Crippen LogP contribution in [0.1, 0.15) is 25.0 Å². The van der Waals surface area contributed by atoms with Crippen molar-refractivity contribution in [2.45, 2.75) is 19.3 Å². The molecule has 0 bridgehead atoms. The highest BCUT2D eigenvalue weighted by Gasteiger charge is 2.37. The third-order valence-corrected chi connectivity index (χ3v) is 13.6. The van der Waals surface area contributed by atoms with E-state index < -0.39 is 0 Å². The Morgan fingerprint density at radius 1 is 0.385 bits per heavy atom. The molecule has 13 rings (SSSR count). The van der Waals surface area contributed by atoms with Crippen LogP contribution >= 0.6 is 0 Å². The Morgan fingerprint density at radius 3 is 1.58 bits per heavy atom. The molecule has 5 nitrogen and oxygen atoms in total. The zero-order chi connectivity index (χ0) is 43.2. The number of anilines is 3. The number of hydrogen-bond acceptors (Lipinski definition) is 2. The van der Waals surface area contributed by atoms with Crippen LogP contribution in [0.25, 0.3) is 83.4 Å². The monoisotopic (exact) mass is 833 g/mol. The first-order valence-corrected chi connectivity index (χ1v) is 22.4. The van der Waals surface area contributed by atoms with Crippen LogP contribution in [-0.2, 0) is 5.41 Å². The second kappa shape index (κ2) is 14.3. The van der Waals surface area contributed by atoms with Crippen molar-refractivity contribution in [3.8, 4) is 39.6 Å². The Balaban J connectivity index is 1.03. The average molecular weight is 834 g/mol. The molecule has 0 atom stereocenters. The Labute approximate surface area is 377 Å². The fourth-order valence-corrected chi connectivity index (χ4v) is 10.6. The van der Waals surface area contributed by atoms with Gasteiger partial charge in [0.05, 0.1) is 16.6 Å². The van der Waals surface area contributed by atoms with Gasteiger partial charge in [-0.2, -0.15) is 0 Å². The van der Waals surface area contributed by atoms with E-state index in [0.717, 1.165) is 73.1 Å². The van der Waals surface area contributed by atoms with Gasteiger partial charge in [-0.15, -0.1) is 0 Å². The highest BCUT2D eigenvalue weighted by atomic mass is 15.2. The lowest BCUT2D eigenvalue weighted by Crippen LogP contribution is -2.17. The summed E-state index contributed by atoms with van der Waals surface area (Å²) in [6.45, 7) is 4.76. The van der Waals surface area contributed by atoms with Gasteiger partial charge < -0.3 is 9.47 Å². The Bertz CT molecular complexity index is 3730. The van der Waals surface area contributed by atoms with E-state index in [4.69, 9.17) is 4.98 Å². The van der Waals surface area contributed by atoms with E-state index in [1.54, 1.807) is 0 Å². The summed E-state index contributed by atoms with van der Waals surface area (Å²) in [5, 5.41) is 3.57. The highest BCUT2D eigenvalue weighted by Crippen LogP contribution is 2.52. The van der Waals surface area contributed by atoms with Crippen LogP contribution in [0.2, 0.25) is 0 Å². The molecule has 0 amide bonds. The lowest BCUT2D eigenvalue weighted by molar-refractivity contribution is 0.660. The summed E-state index contributed by atoms with van der Waals surface area (Å²) in [6.07, 6.45) is 0. The van der Waals surface area contributed by atoms with E-state index in [0.29, 0.717) is 0 Å². The molecule has 3 aromatic heterocycles. The van der Waals surface area contributed by atoms with Crippen molar-refractivity contribution in [3.63, 3.8) is 0 Å². The average Bonchev–Trinajstić information content (AvgIpc) is 4.06. The maximum Gasteiger partial charge on any atom is 0.165 e. The summed E-state index contributed by atoms with van der Waals surface area (Å²) in [5.41, 5.74) is 18.2. The number of hydrogen-bond donors (Lipinski definition) is 0. The van der Waals surface area contributed by atoms with Gasteiger partial charge in [0.1, 0.15) is 11.3 Å². The van der Waals surface area contributed by atoms with Gasteiger partial charge in [0.25, 0.3) is 0 Å². The van der Waals surface area contributed by atoms with E-state index in [2.05, 4.69) is 257 Å². The summed E-state index contributed by atoms with van der Waals surface area (Å²) in [4.78, 5) is 7.89. The van der Waals surface area contributed by atoms with Crippen LogP contribution in [0.15, 0.2) is 224 Å². The van der Waals surface area contributed by atoms with E-state index in [9.17, 15) is 0 Å². The SMILES string of the molecule is CC1(C)c2cc(N(c3ccccc3)c3ccccc3)ccc2-c2ccc(-n3c4ccccc4c4cc5c6c(nc(-c7ccccc7)n6-c6ccccc6)n(-c6ccccc6)c5cc43)cc21. The molecule has 0 unspecified atom stereocenters. The van der Waals surface area contributed by atoms with Crippen LogP contribution in [0.5, 0.6) is 0 Å². The Morgan fingerprint density at radius 2 is 0.923 bits per heavy atom. The summed E-state index contributed by atoms with van der Waals surface area (Å²) < 4.78 is 7.18. The number of fused-ring (bicyclic) bond motifs is 9. The van der Waals surface area contributed by atoms with Gasteiger partial charge in [-0.1, -0.05) is 147 Å². The zero-order valence-electron chi connectivity index (χ0n) is 36.1. The van der Waals surface area contributed by atoms with Crippen LogP contribution in [0, 0.1) is 0 Å². The van der Waals surface area contributed by atoms with Crippen LogP contribution in [0.3, 0.4) is 0 Å². The molecule has 1 aliphatic carbocycles. The van der Waals surface area contributed by atoms with Crippen LogP contribution < -0.4 is 4.90 Å². The fraction of sp³-hybridized carbons (Fsp3) is 0.0500. The van der Waals surface area contributed by atoms with E-state index in [1.165, 1.54) is 38.5 Å². The second-order valence-corrected chi connectivity index (χ2v) is 17.6. The third-order valence-electron chi connectivity index (χ3n) is 13.6. The van der Waals surface area contributed by atoms with Gasteiger partial charge in [0.15, 0.2) is 5.65 Å². The summed E-state index contributed by atoms with van der Waals surface area (Å²) in [6, 6.07) is 81.1. The maximum absolute atomic E-state index is 5.53. The van der Waals surface area contributed by atoms with Crippen molar-refractivity contribution in [2.24, 2.45) is 0 Å². The molecule has 0 aliphatic heterocycles. The van der Waals surface area contributed by atoms with Crippen molar-refractivity contribution in [3.05, 3.63) is 236 Å². The number of benzene rings is 9. The normalized spacial score (nSPS) is 12.9. The quantitative estimate of drug-likeness (QED) is 0.160. The molecule has 0 saturated carbocycles. The molecular formula is C60H43N5. The van der Waals surface area contributed by atoms with Gasteiger partial charge in [-0.25, -0.2) is 4.98 Å². The minimum absolute atomic E-state index is 0.250. The van der Waals surface area contributed by atoms with Crippen molar-refractivity contribution in [1.29, 1.82) is 0 Å². The largest absolute Gasteiger partial charge is 0.310 e. The summed E-state index contributed by atoms with van der Waals surface area (Å²) >= 11 is 0. The molecule has 308 valence electrons. The first-order valence-electron chi connectivity index (χ1n) is 22.4. The topological polar surface area (TPSA) is 30.9 Å². The van der Waals surface area contributed by atoms with Gasteiger partial charge in [0.2, 0.25) is 0 Å². The molecule has 0 spiro atoms. The summed E-state index contributed by atoms with van der Waals surface area (Å²) in [5.74, 6) is 0.914. The molecule has 0 N–H and O–H groups in total. The molecule has 5 heteroatoms. The van der Waals surface area contributed by atoms with Gasteiger partial charge >= 0.3 is 0 Å². The molecule has 0 radical (unpaired) electrons. The van der Waals surface area contributed by atoms with Crippen molar-refractivity contribution in [2.75, 3.05) is 4.90 Å². The number of rotatable bonds is 7. The van der Waals surface area contributed by atoms with E-state index in [-0.39, 0.29) is 5.41 Å². The Kier molecular flexibility index (Phi) is 8.18. The standard InChI is InChI=1S/C60H43N5/c1-60(2)52-36-45(62(41-22-10-4-11-23-41)42-24-12-5-13-25-42)32-34-47(52)48-35-33-46(37-53(48)60)63-54-31-19-18-30-49(54)50-38-51-56(39-55(50)63)64(43-26-14-6-15-27-43)59-57(51)65(44-28-16-7-17-29-44)58(61-59)40-20-8-3-9-21-40/h3-39H,1-2H3. The molecule has 3 heterocycles. The van der Waals surface area contributed by atoms with Gasteiger partial charge in [-0.3, -0.25) is 9.13 Å². The number of nitrogens with zero attached hydrogens (tertiary/aromatic N) is 5. The van der Waals surface area contributed by atoms with Gasteiger partial charge in [0, 0.05) is 61.3 Å². The lowest BCUT2D eigenvalue weighted by atomic mass is 9.82. The minimum Gasteiger partial charge on any atom is -0.310 e. The maximum atomic E-state index is 5.53. The van der Waals surface area contributed by atoms with Crippen LogP contribution in [0.4, 0.5) is 17.1 Å². The molecule has 0 saturated heterocycles. The number of aromatic nitrogens is 4. The smallest absolute Gasteiger partial charge is 0.165 e. The van der Waals surface area contributed by atoms with Crippen LogP contribution in [-0.4, -0.2) is 18.7 Å². The first kappa shape index (κ1) is 37.2. The first-order chi connectivity index (χ1) is 32.0. The van der Waals surface area contributed by atoms with Crippen molar-refractivity contribution in [1.82, 2.24) is 18.7 Å². The lowest BCUT2D eigenvalue weighted by Gasteiger charge is -2.28. The molecular weight excluding hydrogens is 791 g/mol. The van der Waals surface area contributed by atoms with E-state index in [1.807, 2.05) is 0 Å². The number of imidazole rings is 1. The molecule has 0 fully saturated rings. The highest BCUT2D eigenvalue weighted by molar-refractivity contribution is 6.19. The molecule has 1 aliphatic rings. The van der Waals surface area contributed by atoms with Crippen molar-refractivity contribution >= 4 is 60.9 Å². The van der Waals surface area contributed by atoms with Gasteiger partial charge in [-0.05, 0) is 113 Å². The third kappa shape index (κ3) is 5.62. The number of para-hydroxylation sites is 5. The fourth-order valence-electron chi connectivity index (χ4n) is 10.6. The molecule has 9 aromatic carbocycles. The molecule has 12 aromatic rings. The summed E-state index contributed by atoms with van der Waals surface area (Å²) in [7, 11) is 0. The molecule has 65 heavy (non-hydrogen) atoms. The van der Waals surface area contributed by atoms with Crippen molar-refractivity contribution < 1.29 is 0 Å².